The van der Waals surface area contributed by atoms with Crippen LogP contribution in [0.25, 0.3) is 0 Å². The Bertz CT molecular complexity index is 455. The van der Waals surface area contributed by atoms with Crippen LogP contribution in [-0.2, 0) is 22.7 Å². The fourth-order valence-corrected chi connectivity index (χ4v) is 1.89. The minimum absolute atomic E-state index is 0.349. The Morgan fingerprint density at radius 2 is 1.94 bits per heavy atom. The topological polar surface area (TPSA) is 65.8 Å². The van der Waals surface area contributed by atoms with Crippen molar-refractivity contribution >= 4 is 11.8 Å². The van der Waals surface area contributed by atoms with E-state index < -0.39 is 11.8 Å². The lowest BCUT2D eigenvalue weighted by Crippen LogP contribution is -2.52. The van der Waals surface area contributed by atoms with E-state index in [1.165, 1.54) is 9.80 Å². The van der Waals surface area contributed by atoms with Gasteiger partial charge in [0.15, 0.2) is 0 Å². The lowest BCUT2D eigenvalue weighted by molar-refractivity contribution is -0.155. The van der Waals surface area contributed by atoms with Gasteiger partial charge in [-0.15, -0.1) is 0 Å². The van der Waals surface area contributed by atoms with Crippen molar-refractivity contribution in [2.24, 2.45) is 0 Å². The summed E-state index contributed by atoms with van der Waals surface area (Å²) in [5, 5.41) is 2.99. The molecule has 6 heteroatoms. The van der Waals surface area contributed by atoms with Crippen LogP contribution < -0.4 is 5.32 Å². The van der Waals surface area contributed by atoms with Gasteiger partial charge in [0.05, 0.1) is 13.1 Å². The molecule has 0 atom stereocenters. The number of amides is 2. The number of likely N-dealkylation sites (N-methyl/N-ethyl adjacent to an activating group) is 1. The minimum Gasteiger partial charge on any atom is -0.463 e. The summed E-state index contributed by atoms with van der Waals surface area (Å²) in [4.78, 5) is 26.2. The quantitative estimate of drug-likeness (QED) is 0.753. The molecule has 2 rings (SSSR count). The van der Waals surface area contributed by atoms with Crippen molar-refractivity contribution < 1.29 is 14.0 Å². The summed E-state index contributed by atoms with van der Waals surface area (Å²) in [5.74, 6) is 0.602. The number of nitrogens with one attached hydrogen (secondary N) is 1. The average Bonchev–Trinajstić information content (AvgIpc) is 2.78. The molecule has 6 nitrogen and oxygen atoms in total. The molecule has 1 aromatic heterocycles. The van der Waals surface area contributed by atoms with Crippen LogP contribution >= 0.6 is 0 Å². The van der Waals surface area contributed by atoms with Crippen LogP contribution in [0.5, 0.6) is 0 Å². The van der Waals surface area contributed by atoms with Crippen molar-refractivity contribution in [2.45, 2.75) is 13.1 Å². The molecule has 0 unspecified atom stereocenters. The largest absolute Gasteiger partial charge is 0.463 e. The van der Waals surface area contributed by atoms with E-state index in [2.05, 4.69) is 5.32 Å². The van der Waals surface area contributed by atoms with Crippen LogP contribution in [0.3, 0.4) is 0 Å². The normalized spacial score (nSPS) is 16.6. The van der Waals surface area contributed by atoms with Crippen molar-refractivity contribution in [1.29, 1.82) is 0 Å². The third-order valence-electron chi connectivity index (χ3n) is 2.94. The maximum absolute atomic E-state index is 11.8. The fraction of sp³-hybridized carbons (Fsp3) is 0.500. The Labute approximate surface area is 106 Å². The molecule has 1 saturated heterocycles. The Balaban J connectivity index is 2.00. The summed E-state index contributed by atoms with van der Waals surface area (Å²) in [6.07, 6.45) is 0. The van der Waals surface area contributed by atoms with Crippen molar-refractivity contribution in [3.63, 3.8) is 0 Å². The van der Waals surface area contributed by atoms with Crippen LogP contribution in [-0.4, -0.2) is 48.8 Å². The predicted molar refractivity (Wildman–Crippen MR) is 64.5 cm³/mol. The molecular formula is C12H17N3O3. The highest BCUT2D eigenvalue weighted by Crippen LogP contribution is 2.13. The molecule has 1 fully saturated rings. The minimum atomic E-state index is -0.463. The summed E-state index contributed by atoms with van der Waals surface area (Å²) in [7, 11) is 3.47. The third kappa shape index (κ3) is 2.53. The number of hydrogen-bond acceptors (Lipinski definition) is 4. The summed E-state index contributed by atoms with van der Waals surface area (Å²) in [6, 6.07) is 3.71. The Hall–Kier alpha value is -1.82. The Kier molecular flexibility index (Phi) is 3.66. The second kappa shape index (κ2) is 5.22. The maximum atomic E-state index is 11.8. The van der Waals surface area contributed by atoms with E-state index in [-0.39, 0.29) is 0 Å². The fourth-order valence-electron chi connectivity index (χ4n) is 1.89. The number of hydrogen-bond donors (Lipinski definition) is 1. The van der Waals surface area contributed by atoms with Crippen molar-refractivity contribution in [3.05, 3.63) is 23.7 Å². The number of rotatable bonds is 4. The molecule has 1 aromatic rings. The van der Waals surface area contributed by atoms with Gasteiger partial charge in [-0.3, -0.25) is 9.59 Å². The number of nitrogens with zero attached hydrogens (tertiary/aromatic N) is 2. The van der Waals surface area contributed by atoms with Gasteiger partial charge in [0.1, 0.15) is 11.5 Å². The first-order chi connectivity index (χ1) is 8.61. The first kappa shape index (κ1) is 12.6. The number of carbonyl (C=O) groups excluding carboxylic acids is 2. The molecule has 0 bridgehead atoms. The third-order valence-corrected chi connectivity index (χ3v) is 2.94. The number of piperazine rings is 1. The zero-order valence-corrected chi connectivity index (χ0v) is 10.6. The van der Waals surface area contributed by atoms with Crippen LogP contribution in [0.1, 0.15) is 11.5 Å². The molecule has 18 heavy (non-hydrogen) atoms. The van der Waals surface area contributed by atoms with Gasteiger partial charge in [-0.1, -0.05) is 0 Å². The molecule has 2 heterocycles. The molecule has 98 valence electrons. The molecule has 0 aromatic carbocycles. The molecule has 1 aliphatic rings. The average molecular weight is 251 g/mol. The molecule has 0 spiro atoms. The lowest BCUT2D eigenvalue weighted by Gasteiger charge is -2.30. The molecular weight excluding hydrogens is 234 g/mol. The highest BCUT2D eigenvalue weighted by atomic mass is 16.3. The molecule has 0 aliphatic carbocycles. The zero-order chi connectivity index (χ0) is 13.1. The Morgan fingerprint density at radius 3 is 2.67 bits per heavy atom. The van der Waals surface area contributed by atoms with Gasteiger partial charge in [0.2, 0.25) is 0 Å². The van der Waals surface area contributed by atoms with Gasteiger partial charge in [0, 0.05) is 20.1 Å². The van der Waals surface area contributed by atoms with Gasteiger partial charge in [-0.25, -0.2) is 0 Å². The molecule has 0 radical (unpaired) electrons. The highest BCUT2D eigenvalue weighted by molar-refractivity contribution is 6.35. The summed E-state index contributed by atoms with van der Waals surface area (Å²) in [6.45, 7) is 2.11. The van der Waals surface area contributed by atoms with Gasteiger partial charge < -0.3 is 19.5 Å². The van der Waals surface area contributed by atoms with E-state index >= 15 is 0 Å². The second-order valence-corrected chi connectivity index (χ2v) is 4.35. The monoisotopic (exact) mass is 251 g/mol. The number of carbonyl (C=O) groups is 2. The SMILES string of the molecule is CNCc1ccc(CN2CCN(C)C(=O)C2=O)o1. The zero-order valence-electron chi connectivity index (χ0n) is 10.6. The molecule has 0 saturated carbocycles. The number of furan rings is 1. The van der Waals surface area contributed by atoms with Gasteiger partial charge in [-0.2, -0.15) is 0 Å². The summed E-state index contributed by atoms with van der Waals surface area (Å²) >= 11 is 0. The standard InChI is InChI=1S/C12H17N3O3/c1-13-7-9-3-4-10(18-9)8-15-6-5-14(2)11(16)12(15)17/h3-4,13H,5-8H2,1-2H3. The van der Waals surface area contributed by atoms with Gasteiger partial charge in [0.25, 0.3) is 0 Å². The van der Waals surface area contributed by atoms with Crippen LogP contribution in [0.4, 0.5) is 0 Å². The maximum Gasteiger partial charge on any atom is 0.312 e. The summed E-state index contributed by atoms with van der Waals surface area (Å²) < 4.78 is 5.56. The van der Waals surface area contributed by atoms with E-state index in [0.717, 1.165) is 5.76 Å². The van der Waals surface area contributed by atoms with Crippen molar-refractivity contribution in [3.8, 4) is 0 Å². The first-order valence-corrected chi connectivity index (χ1v) is 5.88. The van der Waals surface area contributed by atoms with Crippen LogP contribution in [0.2, 0.25) is 0 Å². The van der Waals surface area contributed by atoms with Crippen molar-refractivity contribution in [1.82, 2.24) is 15.1 Å². The Morgan fingerprint density at radius 1 is 1.22 bits per heavy atom. The first-order valence-electron chi connectivity index (χ1n) is 5.88. The second-order valence-electron chi connectivity index (χ2n) is 4.35. The molecule has 1 aliphatic heterocycles. The van der Waals surface area contributed by atoms with Gasteiger partial charge >= 0.3 is 11.8 Å². The predicted octanol–water partition coefficient (Wildman–Crippen LogP) is -0.200. The van der Waals surface area contributed by atoms with E-state index in [4.69, 9.17) is 4.42 Å². The van der Waals surface area contributed by atoms with Crippen LogP contribution in [0.15, 0.2) is 16.5 Å². The van der Waals surface area contributed by atoms with E-state index in [1.807, 2.05) is 19.2 Å². The molecule has 2 amide bonds. The molecule has 1 N–H and O–H groups in total. The summed E-state index contributed by atoms with van der Waals surface area (Å²) in [5.41, 5.74) is 0. The van der Waals surface area contributed by atoms with E-state index in [0.29, 0.717) is 31.9 Å². The van der Waals surface area contributed by atoms with Crippen LogP contribution in [0, 0.1) is 0 Å². The lowest BCUT2D eigenvalue weighted by atomic mass is 10.3. The van der Waals surface area contributed by atoms with E-state index in [1.54, 1.807) is 7.05 Å². The van der Waals surface area contributed by atoms with Crippen molar-refractivity contribution in [2.75, 3.05) is 27.2 Å². The van der Waals surface area contributed by atoms with E-state index in [9.17, 15) is 9.59 Å². The highest BCUT2D eigenvalue weighted by Gasteiger charge is 2.30. The smallest absolute Gasteiger partial charge is 0.312 e. The van der Waals surface area contributed by atoms with Gasteiger partial charge in [-0.05, 0) is 19.2 Å².